The maximum absolute atomic E-state index is 13.0. The molecule has 0 aromatic heterocycles. The van der Waals surface area contributed by atoms with Gasteiger partial charge in [0.2, 0.25) is 0 Å². The van der Waals surface area contributed by atoms with Crippen LogP contribution in [0, 0.1) is 11.6 Å². The van der Waals surface area contributed by atoms with Crippen LogP contribution in [0.15, 0.2) is 18.2 Å². The molecular weight excluding hydrogens is 228 g/mol. The Morgan fingerprint density at radius 3 is 2.62 bits per heavy atom. The van der Waals surface area contributed by atoms with Gasteiger partial charge in [-0.3, -0.25) is 0 Å². The zero-order valence-electron chi connectivity index (χ0n) is 9.59. The van der Waals surface area contributed by atoms with Crippen molar-refractivity contribution < 1.29 is 8.78 Å². The summed E-state index contributed by atoms with van der Waals surface area (Å²) in [5, 5.41) is 3.19. The Morgan fingerprint density at radius 1 is 1.31 bits per heavy atom. The fourth-order valence-electron chi connectivity index (χ4n) is 1.56. The molecule has 0 saturated carbocycles. The van der Waals surface area contributed by atoms with Crippen LogP contribution in [0.25, 0.3) is 0 Å². The van der Waals surface area contributed by atoms with Gasteiger partial charge in [-0.1, -0.05) is 6.07 Å². The predicted octanol–water partition coefficient (Wildman–Crippen LogP) is 2.85. The van der Waals surface area contributed by atoms with E-state index in [-0.39, 0.29) is 0 Å². The molecule has 0 aliphatic carbocycles. The van der Waals surface area contributed by atoms with E-state index in [1.807, 2.05) is 7.05 Å². The molecule has 4 heteroatoms. The third kappa shape index (κ3) is 4.10. The maximum Gasteiger partial charge on any atom is 0.159 e. The predicted molar refractivity (Wildman–Crippen MR) is 65.9 cm³/mol. The second-order valence-corrected chi connectivity index (χ2v) is 4.71. The molecule has 0 fully saturated rings. The zero-order valence-corrected chi connectivity index (χ0v) is 10.4. The van der Waals surface area contributed by atoms with Gasteiger partial charge in [0.1, 0.15) is 0 Å². The van der Waals surface area contributed by atoms with Gasteiger partial charge in [-0.2, -0.15) is 11.8 Å². The lowest BCUT2D eigenvalue weighted by molar-refractivity contribution is 0.502. The molecule has 1 aromatic rings. The van der Waals surface area contributed by atoms with Crippen LogP contribution in [0.2, 0.25) is 0 Å². The van der Waals surface area contributed by atoms with Crippen LogP contribution in [-0.2, 0) is 6.42 Å². The molecule has 0 amide bonds. The molecule has 0 bridgehead atoms. The minimum absolute atomic E-state index is 0.317. The lowest BCUT2D eigenvalue weighted by Crippen LogP contribution is -2.28. The van der Waals surface area contributed by atoms with Gasteiger partial charge in [0.25, 0.3) is 0 Å². The van der Waals surface area contributed by atoms with E-state index in [0.717, 1.165) is 24.2 Å². The standard InChI is InChI=1S/C12H17F2NS/c1-15-10(5-6-16-2)7-9-3-4-11(13)12(14)8-9/h3-4,8,10,15H,5-7H2,1-2H3. The molecule has 1 N–H and O–H groups in total. The van der Waals surface area contributed by atoms with Crippen molar-refractivity contribution in [2.75, 3.05) is 19.1 Å². The van der Waals surface area contributed by atoms with E-state index in [1.54, 1.807) is 17.8 Å². The van der Waals surface area contributed by atoms with Gasteiger partial charge in [0.05, 0.1) is 0 Å². The maximum atomic E-state index is 13.0. The van der Waals surface area contributed by atoms with Crippen molar-refractivity contribution in [3.63, 3.8) is 0 Å². The van der Waals surface area contributed by atoms with Crippen LogP contribution in [-0.4, -0.2) is 25.1 Å². The molecule has 90 valence electrons. The lowest BCUT2D eigenvalue weighted by atomic mass is 10.0. The number of hydrogen-bond acceptors (Lipinski definition) is 2. The average Bonchev–Trinajstić information content (AvgIpc) is 2.29. The van der Waals surface area contributed by atoms with Crippen molar-refractivity contribution in [2.24, 2.45) is 0 Å². The monoisotopic (exact) mass is 245 g/mol. The molecule has 1 unspecified atom stereocenters. The van der Waals surface area contributed by atoms with Gasteiger partial charge in [-0.15, -0.1) is 0 Å². The van der Waals surface area contributed by atoms with Crippen molar-refractivity contribution in [2.45, 2.75) is 18.9 Å². The Morgan fingerprint density at radius 2 is 2.06 bits per heavy atom. The minimum Gasteiger partial charge on any atom is -0.317 e. The van der Waals surface area contributed by atoms with Crippen molar-refractivity contribution >= 4 is 11.8 Å². The summed E-state index contributed by atoms with van der Waals surface area (Å²) in [4.78, 5) is 0. The Labute approximate surface area is 99.6 Å². The summed E-state index contributed by atoms with van der Waals surface area (Å²) in [6, 6.07) is 4.42. The number of benzene rings is 1. The van der Waals surface area contributed by atoms with Crippen molar-refractivity contribution in [3.8, 4) is 0 Å². The summed E-state index contributed by atoms with van der Waals surface area (Å²) in [5.74, 6) is -0.485. The number of thioether (sulfide) groups is 1. The fourth-order valence-corrected chi connectivity index (χ4v) is 2.08. The summed E-state index contributed by atoms with van der Waals surface area (Å²) in [6.07, 6.45) is 3.81. The van der Waals surface area contributed by atoms with Gasteiger partial charge in [0, 0.05) is 6.04 Å². The first-order valence-corrected chi connectivity index (χ1v) is 6.67. The Kier molecular flexibility index (Phi) is 5.77. The number of halogens is 2. The van der Waals surface area contributed by atoms with Crippen molar-refractivity contribution in [1.29, 1.82) is 0 Å². The highest BCUT2D eigenvalue weighted by Gasteiger charge is 2.09. The van der Waals surface area contributed by atoms with Gasteiger partial charge in [0.15, 0.2) is 11.6 Å². The second-order valence-electron chi connectivity index (χ2n) is 3.72. The zero-order chi connectivity index (χ0) is 12.0. The molecule has 0 aliphatic rings. The summed E-state index contributed by atoms with van der Waals surface area (Å²) < 4.78 is 25.7. The SMILES string of the molecule is CNC(CCSC)Cc1ccc(F)c(F)c1. The molecule has 0 aliphatic heterocycles. The first-order valence-electron chi connectivity index (χ1n) is 5.27. The molecule has 1 atom stereocenters. The fraction of sp³-hybridized carbons (Fsp3) is 0.500. The van der Waals surface area contributed by atoms with Crippen LogP contribution >= 0.6 is 11.8 Å². The average molecular weight is 245 g/mol. The van der Waals surface area contributed by atoms with Crippen LogP contribution < -0.4 is 5.32 Å². The van der Waals surface area contributed by atoms with E-state index in [4.69, 9.17) is 0 Å². The molecule has 1 aromatic carbocycles. The Bertz CT molecular complexity index is 331. The largest absolute Gasteiger partial charge is 0.317 e. The minimum atomic E-state index is -0.783. The van der Waals surface area contributed by atoms with E-state index in [2.05, 4.69) is 11.6 Å². The van der Waals surface area contributed by atoms with Gasteiger partial charge >= 0.3 is 0 Å². The van der Waals surface area contributed by atoms with E-state index in [0.29, 0.717) is 6.04 Å². The molecule has 0 saturated heterocycles. The quantitative estimate of drug-likeness (QED) is 0.827. The van der Waals surface area contributed by atoms with Crippen LogP contribution in [0.4, 0.5) is 8.78 Å². The first-order chi connectivity index (χ1) is 7.67. The molecular formula is C12H17F2NS. The number of nitrogens with one attached hydrogen (secondary N) is 1. The van der Waals surface area contributed by atoms with E-state index >= 15 is 0 Å². The number of likely N-dealkylation sites (N-methyl/N-ethyl adjacent to an activating group) is 1. The third-order valence-electron chi connectivity index (χ3n) is 2.54. The van der Waals surface area contributed by atoms with Gasteiger partial charge < -0.3 is 5.32 Å². The molecule has 0 spiro atoms. The van der Waals surface area contributed by atoms with Crippen LogP contribution in [0.3, 0.4) is 0 Å². The Hall–Kier alpha value is -0.610. The summed E-state index contributed by atoms with van der Waals surface area (Å²) in [6.45, 7) is 0. The van der Waals surface area contributed by atoms with Crippen molar-refractivity contribution in [1.82, 2.24) is 5.32 Å². The third-order valence-corrected chi connectivity index (χ3v) is 3.19. The number of hydrogen-bond donors (Lipinski definition) is 1. The van der Waals surface area contributed by atoms with Gasteiger partial charge in [-0.25, -0.2) is 8.78 Å². The highest BCUT2D eigenvalue weighted by molar-refractivity contribution is 7.98. The first kappa shape index (κ1) is 13.5. The van der Waals surface area contributed by atoms with Gasteiger partial charge in [-0.05, 0) is 49.6 Å². The molecule has 0 heterocycles. The number of rotatable bonds is 6. The summed E-state index contributed by atoms with van der Waals surface area (Å²) in [7, 11) is 1.89. The normalized spacial score (nSPS) is 12.8. The smallest absolute Gasteiger partial charge is 0.159 e. The Balaban J connectivity index is 2.59. The molecule has 16 heavy (non-hydrogen) atoms. The van der Waals surface area contributed by atoms with Crippen LogP contribution in [0.5, 0.6) is 0 Å². The topological polar surface area (TPSA) is 12.0 Å². The molecule has 1 rings (SSSR count). The molecule has 1 nitrogen and oxygen atoms in total. The molecule has 0 radical (unpaired) electrons. The lowest BCUT2D eigenvalue weighted by Gasteiger charge is -2.15. The highest BCUT2D eigenvalue weighted by atomic mass is 32.2. The van der Waals surface area contributed by atoms with E-state index in [9.17, 15) is 8.78 Å². The van der Waals surface area contributed by atoms with Crippen molar-refractivity contribution in [3.05, 3.63) is 35.4 Å². The van der Waals surface area contributed by atoms with Crippen LogP contribution in [0.1, 0.15) is 12.0 Å². The summed E-state index contributed by atoms with van der Waals surface area (Å²) >= 11 is 1.79. The van der Waals surface area contributed by atoms with E-state index in [1.165, 1.54) is 12.1 Å². The highest BCUT2D eigenvalue weighted by Crippen LogP contribution is 2.12. The van der Waals surface area contributed by atoms with E-state index < -0.39 is 11.6 Å². The summed E-state index contributed by atoms with van der Waals surface area (Å²) in [5.41, 5.74) is 0.833. The second kappa shape index (κ2) is 6.86.